The van der Waals surface area contributed by atoms with Crippen LogP contribution in [0.4, 0.5) is 0 Å². The standard InChI is InChI=1S/C16H20N4O2/c1-10-8-20(2)9-13(21-10)16-18-15(19-22-16)12-4-3-7-17-14(12)11-5-6-11/h3-4,7,10-11,13H,5-6,8-9H2,1-2H3/t10-,13-/m1/s1. The first kappa shape index (κ1) is 13.8. The highest BCUT2D eigenvalue weighted by Gasteiger charge is 2.31. The highest BCUT2D eigenvalue weighted by atomic mass is 16.5. The summed E-state index contributed by atoms with van der Waals surface area (Å²) in [6, 6.07) is 3.94. The monoisotopic (exact) mass is 300 g/mol. The molecule has 1 saturated carbocycles. The number of morpholine rings is 1. The van der Waals surface area contributed by atoms with Crippen molar-refractivity contribution in [2.45, 2.75) is 37.9 Å². The third-order valence-corrected chi connectivity index (χ3v) is 4.20. The molecular weight excluding hydrogens is 280 g/mol. The molecule has 1 aliphatic carbocycles. The summed E-state index contributed by atoms with van der Waals surface area (Å²) in [5.74, 6) is 1.73. The van der Waals surface area contributed by atoms with E-state index in [1.54, 1.807) is 0 Å². The molecule has 6 nitrogen and oxygen atoms in total. The van der Waals surface area contributed by atoms with Crippen LogP contribution in [0.25, 0.3) is 11.4 Å². The average Bonchev–Trinajstić information content (AvgIpc) is 3.23. The second kappa shape index (κ2) is 5.44. The molecule has 116 valence electrons. The van der Waals surface area contributed by atoms with Crippen molar-refractivity contribution >= 4 is 0 Å². The van der Waals surface area contributed by atoms with Gasteiger partial charge in [0.2, 0.25) is 5.82 Å². The van der Waals surface area contributed by atoms with Crippen LogP contribution in [0, 0.1) is 0 Å². The van der Waals surface area contributed by atoms with Crippen molar-refractivity contribution in [2.75, 3.05) is 20.1 Å². The lowest BCUT2D eigenvalue weighted by Crippen LogP contribution is -2.40. The van der Waals surface area contributed by atoms with Gasteiger partial charge in [-0.05, 0) is 38.9 Å². The van der Waals surface area contributed by atoms with Gasteiger partial charge in [0.1, 0.15) is 6.10 Å². The number of pyridine rings is 1. The highest BCUT2D eigenvalue weighted by Crippen LogP contribution is 2.42. The first-order chi connectivity index (χ1) is 10.7. The average molecular weight is 300 g/mol. The van der Waals surface area contributed by atoms with Crippen molar-refractivity contribution in [3.63, 3.8) is 0 Å². The van der Waals surface area contributed by atoms with Crippen molar-refractivity contribution in [1.29, 1.82) is 0 Å². The van der Waals surface area contributed by atoms with Crippen molar-refractivity contribution in [1.82, 2.24) is 20.0 Å². The Labute approximate surface area is 129 Å². The second-order valence-electron chi connectivity index (χ2n) is 6.32. The van der Waals surface area contributed by atoms with Crippen LogP contribution in [0.1, 0.15) is 43.4 Å². The van der Waals surface area contributed by atoms with Gasteiger partial charge < -0.3 is 14.2 Å². The molecule has 0 bridgehead atoms. The minimum Gasteiger partial charge on any atom is -0.363 e. The zero-order valence-corrected chi connectivity index (χ0v) is 12.9. The topological polar surface area (TPSA) is 64.3 Å². The minimum atomic E-state index is -0.156. The molecule has 0 spiro atoms. The maximum atomic E-state index is 5.93. The molecule has 22 heavy (non-hydrogen) atoms. The lowest BCUT2D eigenvalue weighted by atomic mass is 10.1. The van der Waals surface area contributed by atoms with Gasteiger partial charge in [0.05, 0.1) is 11.8 Å². The molecule has 0 N–H and O–H groups in total. The van der Waals surface area contributed by atoms with E-state index in [4.69, 9.17) is 9.26 Å². The fourth-order valence-corrected chi connectivity index (χ4v) is 3.06. The Morgan fingerprint density at radius 1 is 1.27 bits per heavy atom. The molecule has 1 aliphatic heterocycles. The summed E-state index contributed by atoms with van der Waals surface area (Å²) in [6.45, 7) is 3.76. The molecule has 3 heterocycles. The molecule has 2 atom stereocenters. The Morgan fingerprint density at radius 3 is 2.91 bits per heavy atom. The van der Waals surface area contributed by atoms with Crippen LogP contribution >= 0.6 is 0 Å². The Morgan fingerprint density at radius 2 is 2.14 bits per heavy atom. The Kier molecular flexibility index (Phi) is 3.43. The number of aromatic nitrogens is 3. The van der Waals surface area contributed by atoms with E-state index in [0.29, 0.717) is 17.6 Å². The smallest absolute Gasteiger partial charge is 0.257 e. The van der Waals surface area contributed by atoms with E-state index in [-0.39, 0.29) is 12.2 Å². The van der Waals surface area contributed by atoms with Crippen LogP contribution in [-0.2, 0) is 4.74 Å². The number of likely N-dealkylation sites (N-methyl/N-ethyl adjacent to an activating group) is 1. The summed E-state index contributed by atoms with van der Waals surface area (Å²) in [5, 5.41) is 4.16. The van der Waals surface area contributed by atoms with E-state index >= 15 is 0 Å². The second-order valence-corrected chi connectivity index (χ2v) is 6.32. The number of rotatable bonds is 3. The van der Waals surface area contributed by atoms with Gasteiger partial charge in [-0.15, -0.1) is 0 Å². The first-order valence-corrected chi connectivity index (χ1v) is 7.83. The van der Waals surface area contributed by atoms with Crippen molar-refractivity contribution in [3.05, 3.63) is 29.9 Å². The van der Waals surface area contributed by atoms with Crippen molar-refractivity contribution < 1.29 is 9.26 Å². The van der Waals surface area contributed by atoms with Crippen LogP contribution in [0.3, 0.4) is 0 Å². The Hall–Kier alpha value is -1.79. The molecule has 6 heteroatoms. The van der Waals surface area contributed by atoms with E-state index in [0.717, 1.165) is 24.3 Å². The molecule has 0 radical (unpaired) electrons. The third-order valence-electron chi connectivity index (χ3n) is 4.20. The molecule has 2 aliphatic rings. The number of hydrogen-bond donors (Lipinski definition) is 0. The van der Waals surface area contributed by atoms with E-state index in [2.05, 4.69) is 34.0 Å². The van der Waals surface area contributed by atoms with Crippen LogP contribution in [0.2, 0.25) is 0 Å². The summed E-state index contributed by atoms with van der Waals surface area (Å²) in [7, 11) is 2.08. The lowest BCUT2D eigenvalue weighted by molar-refractivity contribution is -0.0838. The molecule has 2 aromatic rings. The van der Waals surface area contributed by atoms with Crippen LogP contribution in [-0.4, -0.2) is 46.3 Å². The van der Waals surface area contributed by atoms with Crippen LogP contribution in [0.15, 0.2) is 22.9 Å². The molecular formula is C16H20N4O2. The van der Waals surface area contributed by atoms with Crippen molar-refractivity contribution in [3.8, 4) is 11.4 Å². The van der Waals surface area contributed by atoms with Crippen molar-refractivity contribution in [2.24, 2.45) is 0 Å². The zero-order chi connectivity index (χ0) is 15.1. The number of ether oxygens (including phenoxy) is 1. The van der Waals surface area contributed by atoms with Gasteiger partial charge in [-0.1, -0.05) is 5.16 Å². The first-order valence-electron chi connectivity index (χ1n) is 7.83. The van der Waals surface area contributed by atoms with Gasteiger partial charge in [-0.2, -0.15) is 4.98 Å². The summed E-state index contributed by atoms with van der Waals surface area (Å²) in [4.78, 5) is 11.3. The molecule has 0 amide bonds. The maximum Gasteiger partial charge on any atom is 0.257 e. The fraction of sp³-hybridized carbons (Fsp3) is 0.562. The minimum absolute atomic E-state index is 0.156. The molecule has 0 aromatic carbocycles. The lowest BCUT2D eigenvalue weighted by Gasteiger charge is -2.32. The van der Waals surface area contributed by atoms with Gasteiger partial charge in [0, 0.05) is 30.8 Å². The van der Waals surface area contributed by atoms with Gasteiger partial charge >= 0.3 is 0 Å². The van der Waals surface area contributed by atoms with E-state index in [9.17, 15) is 0 Å². The summed E-state index contributed by atoms with van der Waals surface area (Å²) in [6.07, 6.45) is 4.24. The summed E-state index contributed by atoms with van der Waals surface area (Å²) >= 11 is 0. The van der Waals surface area contributed by atoms with Gasteiger partial charge in [0.15, 0.2) is 0 Å². The van der Waals surface area contributed by atoms with Gasteiger partial charge in [-0.25, -0.2) is 0 Å². The van der Waals surface area contributed by atoms with E-state index in [1.807, 2.05) is 18.3 Å². The fourth-order valence-electron chi connectivity index (χ4n) is 3.06. The molecule has 2 fully saturated rings. The van der Waals surface area contributed by atoms with Crippen LogP contribution in [0.5, 0.6) is 0 Å². The number of hydrogen-bond acceptors (Lipinski definition) is 6. The third kappa shape index (κ3) is 2.64. The number of nitrogens with zero attached hydrogens (tertiary/aromatic N) is 4. The largest absolute Gasteiger partial charge is 0.363 e. The molecule has 4 rings (SSSR count). The van der Waals surface area contributed by atoms with Gasteiger partial charge in [0.25, 0.3) is 5.89 Å². The molecule has 2 aromatic heterocycles. The predicted molar refractivity (Wildman–Crippen MR) is 80.3 cm³/mol. The SMILES string of the molecule is C[C@@H]1CN(C)C[C@H](c2nc(-c3cccnc3C3CC3)no2)O1. The summed E-state index contributed by atoms with van der Waals surface area (Å²) < 4.78 is 11.4. The zero-order valence-electron chi connectivity index (χ0n) is 12.9. The quantitative estimate of drug-likeness (QED) is 0.867. The van der Waals surface area contributed by atoms with E-state index < -0.39 is 0 Å². The Balaban J connectivity index is 1.62. The highest BCUT2D eigenvalue weighted by molar-refractivity contribution is 5.59. The predicted octanol–water partition coefficient (Wildman–Crippen LogP) is 2.40. The van der Waals surface area contributed by atoms with Crippen LogP contribution < -0.4 is 0 Å². The molecule has 1 saturated heterocycles. The normalized spacial score (nSPS) is 26.3. The van der Waals surface area contributed by atoms with E-state index in [1.165, 1.54) is 12.8 Å². The van der Waals surface area contributed by atoms with Gasteiger partial charge in [-0.3, -0.25) is 4.98 Å². The Bertz CT molecular complexity index is 658. The summed E-state index contributed by atoms with van der Waals surface area (Å²) in [5.41, 5.74) is 2.07. The maximum absolute atomic E-state index is 5.93. The molecule has 0 unspecified atom stereocenters.